The van der Waals surface area contributed by atoms with Crippen LogP contribution in [0.2, 0.25) is 0 Å². The van der Waals surface area contributed by atoms with Gasteiger partial charge >= 0.3 is 5.97 Å². The van der Waals surface area contributed by atoms with Gasteiger partial charge in [0.2, 0.25) is 0 Å². The minimum Gasteiger partial charge on any atom is -0.469 e. The number of hydrogen-bond donors (Lipinski definition) is 0. The van der Waals surface area contributed by atoms with Gasteiger partial charge in [-0.05, 0) is 28.9 Å². The van der Waals surface area contributed by atoms with Crippen LogP contribution in [-0.4, -0.2) is 18.1 Å². The highest BCUT2D eigenvalue weighted by Gasteiger charge is 2.19. The Bertz CT molecular complexity index is 410. The van der Waals surface area contributed by atoms with Gasteiger partial charge in [0, 0.05) is 16.8 Å². The zero-order valence-corrected chi connectivity index (χ0v) is 10.3. The number of esters is 1. The van der Waals surface area contributed by atoms with Crippen molar-refractivity contribution in [2.45, 2.75) is 19.8 Å². The average Bonchev–Trinajstić information content (AvgIpc) is 2.20. The number of alkyl halides is 2. The van der Waals surface area contributed by atoms with E-state index in [-0.39, 0.29) is 22.2 Å². The van der Waals surface area contributed by atoms with Crippen molar-refractivity contribution in [3.8, 4) is 0 Å². The lowest BCUT2D eigenvalue weighted by Gasteiger charge is -2.10. The molecular formula is C10H10BrF2NO2. The fourth-order valence-corrected chi connectivity index (χ4v) is 1.92. The third-order valence-corrected chi connectivity index (χ3v) is 2.68. The van der Waals surface area contributed by atoms with Crippen LogP contribution in [0.1, 0.15) is 23.2 Å². The molecule has 0 radical (unpaired) electrons. The summed E-state index contributed by atoms with van der Waals surface area (Å²) in [6.45, 7) is 1.61. The van der Waals surface area contributed by atoms with Gasteiger partial charge in [0.05, 0.1) is 13.5 Å². The van der Waals surface area contributed by atoms with Crippen molar-refractivity contribution in [2.75, 3.05) is 7.11 Å². The highest BCUT2D eigenvalue weighted by Crippen LogP contribution is 2.28. The molecule has 0 fully saturated rings. The Morgan fingerprint density at radius 2 is 2.25 bits per heavy atom. The van der Waals surface area contributed by atoms with E-state index >= 15 is 0 Å². The van der Waals surface area contributed by atoms with E-state index in [2.05, 4.69) is 25.7 Å². The molecule has 6 heteroatoms. The summed E-state index contributed by atoms with van der Waals surface area (Å²) in [7, 11) is 1.21. The summed E-state index contributed by atoms with van der Waals surface area (Å²) in [6, 6.07) is 1.27. The van der Waals surface area contributed by atoms with Gasteiger partial charge in [-0.2, -0.15) is 0 Å². The smallest absolute Gasteiger partial charge is 0.310 e. The zero-order chi connectivity index (χ0) is 12.3. The van der Waals surface area contributed by atoms with E-state index in [0.717, 1.165) is 0 Å². The normalized spacial score (nSPS) is 10.6. The number of methoxy groups -OCH3 is 1. The molecule has 16 heavy (non-hydrogen) atoms. The first-order valence-electron chi connectivity index (χ1n) is 4.46. The first-order valence-corrected chi connectivity index (χ1v) is 5.26. The summed E-state index contributed by atoms with van der Waals surface area (Å²) in [6.07, 6.45) is -2.86. The Balaban J connectivity index is 3.19. The monoisotopic (exact) mass is 293 g/mol. The van der Waals surface area contributed by atoms with Crippen molar-refractivity contribution < 1.29 is 18.3 Å². The topological polar surface area (TPSA) is 39.2 Å². The van der Waals surface area contributed by atoms with Crippen LogP contribution in [0.15, 0.2) is 10.7 Å². The first kappa shape index (κ1) is 13.0. The maximum absolute atomic E-state index is 12.7. The Morgan fingerprint density at radius 3 is 2.75 bits per heavy atom. The third-order valence-electron chi connectivity index (χ3n) is 2.02. The molecule has 1 rings (SSSR count). The van der Waals surface area contributed by atoms with Crippen LogP contribution < -0.4 is 0 Å². The molecule has 0 aliphatic rings. The molecule has 0 bridgehead atoms. The fourth-order valence-electron chi connectivity index (χ4n) is 1.27. The molecule has 0 aliphatic carbocycles. The van der Waals surface area contributed by atoms with E-state index in [1.807, 2.05) is 0 Å². The van der Waals surface area contributed by atoms with Gasteiger partial charge in [-0.1, -0.05) is 0 Å². The van der Waals surface area contributed by atoms with Gasteiger partial charge in [0.25, 0.3) is 6.43 Å². The molecule has 1 aromatic rings. The molecule has 0 unspecified atom stereocenters. The van der Waals surface area contributed by atoms with E-state index in [1.165, 1.54) is 13.2 Å². The van der Waals surface area contributed by atoms with E-state index < -0.39 is 12.4 Å². The molecule has 1 heterocycles. The van der Waals surface area contributed by atoms with Gasteiger partial charge in [0.15, 0.2) is 0 Å². The Kier molecular flexibility index (Phi) is 4.35. The molecule has 0 N–H and O–H groups in total. The third kappa shape index (κ3) is 2.98. The van der Waals surface area contributed by atoms with Gasteiger partial charge in [0.1, 0.15) is 4.60 Å². The van der Waals surface area contributed by atoms with Gasteiger partial charge in [-0.15, -0.1) is 0 Å². The summed E-state index contributed by atoms with van der Waals surface area (Å²) in [5.41, 5.74) is 0.452. The van der Waals surface area contributed by atoms with Crippen molar-refractivity contribution in [3.05, 3.63) is 27.5 Å². The molecule has 88 valence electrons. The minimum atomic E-state index is -2.64. The summed E-state index contributed by atoms with van der Waals surface area (Å²) >= 11 is 3.07. The predicted octanol–water partition coefficient (Wildman–Crippen LogP) is 2.81. The van der Waals surface area contributed by atoms with Crippen LogP contribution in [-0.2, 0) is 16.0 Å². The summed E-state index contributed by atoms with van der Waals surface area (Å²) in [4.78, 5) is 15.1. The molecule has 0 aliphatic heterocycles. The lowest BCUT2D eigenvalue weighted by atomic mass is 10.1. The lowest BCUT2D eigenvalue weighted by molar-refractivity contribution is -0.139. The fraction of sp³-hybridized carbons (Fsp3) is 0.400. The Labute approximate surface area is 99.9 Å². The molecule has 0 atom stereocenters. The van der Waals surface area contributed by atoms with Crippen molar-refractivity contribution in [1.82, 2.24) is 4.98 Å². The summed E-state index contributed by atoms with van der Waals surface area (Å²) in [5.74, 6) is -0.576. The van der Waals surface area contributed by atoms with Gasteiger partial charge in [-0.3, -0.25) is 4.79 Å². The number of nitrogens with zero attached hydrogens (tertiary/aromatic N) is 1. The van der Waals surface area contributed by atoms with Crippen molar-refractivity contribution in [1.29, 1.82) is 0 Å². The van der Waals surface area contributed by atoms with E-state index in [9.17, 15) is 13.6 Å². The van der Waals surface area contributed by atoms with E-state index in [0.29, 0.717) is 5.69 Å². The number of carbonyl (C=O) groups is 1. The van der Waals surface area contributed by atoms with Gasteiger partial charge < -0.3 is 4.74 Å². The van der Waals surface area contributed by atoms with Crippen LogP contribution in [0.5, 0.6) is 0 Å². The van der Waals surface area contributed by atoms with Crippen LogP contribution >= 0.6 is 15.9 Å². The van der Waals surface area contributed by atoms with Crippen molar-refractivity contribution in [3.63, 3.8) is 0 Å². The molecule has 1 aromatic heterocycles. The van der Waals surface area contributed by atoms with E-state index in [4.69, 9.17) is 0 Å². The second kappa shape index (κ2) is 5.34. The van der Waals surface area contributed by atoms with Crippen molar-refractivity contribution in [2.24, 2.45) is 0 Å². The zero-order valence-electron chi connectivity index (χ0n) is 8.76. The van der Waals surface area contributed by atoms with Crippen molar-refractivity contribution >= 4 is 21.9 Å². The largest absolute Gasteiger partial charge is 0.469 e. The predicted molar refractivity (Wildman–Crippen MR) is 57.4 cm³/mol. The first-order chi connectivity index (χ1) is 7.45. The molecule has 0 saturated carbocycles. The quantitative estimate of drug-likeness (QED) is 0.635. The minimum absolute atomic E-state index is 0.174. The molecule has 0 saturated heterocycles. The number of ether oxygens (including phenoxy) is 1. The number of hydrogen-bond acceptors (Lipinski definition) is 3. The number of rotatable bonds is 3. The van der Waals surface area contributed by atoms with Gasteiger partial charge in [-0.25, -0.2) is 13.8 Å². The molecular weight excluding hydrogens is 284 g/mol. The highest BCUT2D eigenvalue weighted by atomic mass is 79.9. The van der Waals surface area contributed by atoms with Crippen LogP contribution in [0.3, 0.4) is 0 Å². The summed E-state index contributed by atoms with van der Waals surface area (Å²) < 4.78 is 30.2. The maximum atomic E-state index is 12.7. The second-order valence-corrected chi connectivity index (χ2v) is 3.93. The molecule has 0 amide bonds. The molecule has 3 nitrogen and oxygen atoms in total. The number of pyridine rings is 1. The Hall–Kier alpha value is -1.04. The van der Waals surface area contributed by atoms with Crippen LogP contribution in [0, 0.1) is 6.92 Å². The summed E-state index contributed by atoms with van der Waals surface area (Å²) in [5, 5.41) is 0. The SMILES string of the molecule is COC(=O)Cc1c(C(F)F)cc(C)nc1Br. The lowest BCUT2D eigenvalue weighted by Crippen LogP contribution is -2.09. The Morgan fingerprint density at radius 1 is 1.62 bits per heavy atom. The maximum Gasteiger partial charge on any atom is 0.310 e. The van der Waals surface area contributed by atoms with E-state index in [1.54, 1.807) is 6.92 Å². The molecule has 0 spiro atoms. The number of aryl methyl sites for hydroxylation is 1. The van der Waals surface area contributed by atoms with Crippen LogP contribution in [0.25, 0.3) is 0 Å². The number of carbonyl (C=O) groups excluding carboxylic acids is 1. The van der Waals surface area contributed by atoms with Crippen LogP contribution in [0.4, 0.5) is 8.78 Å². The standard InChI is InChI=1S/C10H10BrF2NO2/c1-5-3-7(10(12)13)6(9(11)14-5)4-8(15)16-2/h3,10H,4H2,1-2H3. The number of halogens is 3. The number of aromatic nitrogens is 1. The average molecular weight is 294 g/mol. The highest BCUT2D eigenvalue weighted by molar-refractivity contribution is 9.10. The molecule has 0 aromatic carbocycles. The second-order valence-electron chi connectivity index (χ2n) is 3.18.